The Kier molecular flexibility index (Phi) is 4.08. The number of carbonyl (C=O) groups is 1. The van der Waals surface area contributed by atoms with Gasteiger partial charge in [-0.05, 0) is 37.5 Å². The average Bonchev–Trinajstić information content (AvgIpc) is 2.27. The molecular formula is C14H26N2O. The average molecular weight is 238 g/mol. The molecule has 98 valence electrons. The Morgan fingerprint density at radius 2 is 2.06 bits per heavy atom. The summed E-state index contributed by atoms with van der Waals surface area (Å²) in [5, 5.41) is 3.27. The van der Waals surface area contributed by atoms with Gasteiger partial charge in [0.15, 0.2) is 0 Å². The predicted molar refractivity (Wildman–Crippen MR) is 69.5 cm³/mol. The Labute approximate surface area is 105 Å². The summed E-state index contributed by atoms with van der Waals surface area (Å²) in [6.45, 7) is 2.82. The van der Waals surface area contributed by atoms with Crippen molar-refractivity contribution < 1.29 is 4.79 Å². The summed E-state index contributed by atoms with van der Waals surface area (Å²) in [6.07, 6.45) is 9.22. The van der Waals surface area contributed by atoms with Crippen LogP contribution in [0.25, 0.3) is 0 Å². The van der Waals surface area contributed by atoms with Gasteiger partial charge >= 0.3 is 0 Å². The smallest absolute Gasteiger partial charge is 0.220 e. The molecule has 2 unspecified atom stereocenters. The van der Waals surface area contributed by atoms with Crippen molar-refractivity contribution in [1.29, 1.82) is 0 Å². The predicted octanol–water partition coefficient (Wildman–Crippen LogP) is 2.20. The minimum atomic E-state index is -0.112. The third kappa shape index (κ3) is 2.82. The van der Waals surface area contributed by atoms with Crippen LogP contribution >= 0.6 is 0 Å². The molecule has 0 aromatic rings. The zero-order valence-corrected chi connectivity index (χ0v) is 11.0. The molecule has 3 N–H and O–H groups in total. The third-order valence-electron chi connectivity index (χ3n) is 4.90. The van der Waals surface area contributed by atoms with Crippen molar-refractivity contribution in [2.75, 3.05) is 6.54 Å². The molecule has 2 aliphatic rings. The molecule has 0 aromatic carbocycles. The van der Waals surface area contributed by atoms with Crippen LogP contribution in [0.3, 0.4) is 0 Å². The van der Waals surface area contributed by atoms with Crippen LogP contribution in [0.5, 0.6) is 0 Å². The molecule has 0 heterocycles. The second-order valence-corrected chi connectivity index (χ2v) is 6.06. The van der Waals surface area contributed by atoms with E-state index in [0.29, 0.717) is 24.8 Å². The van der Waals surface area contributed by atoms with Crippen molar-refractivity contribution in [1.82, 2.24) is 5.32 Å². The van der Waals surface area contributed by atoms with Gasteiger partial charge in [0.2, 0.25) is 5.91 Å². The first-order valence-corrected chi connectivity index (χ1v) is 7.17. The van der Waals surface area contributed by atoms with Gasteiger partial charge in [-0.1, -0.05) is 26.2 Å². The second-order valence-electron chi connectivity index (χ2n) is 6.06. The number of hydrogen-bond acceptors (Lipinski definition) is 2. The highest BCUT2D eigenvalue weighted by Gasteiger charge is 2.38. The topological polar surface area (TPSA) is 55.1 Å². The Hall–Kier alpha value is -0.570. The van der Waals surface area contributed by atoms with Gasteiger partial charge in [0.1, 0.15) is 0 Å². The summed E-state index contributed by atoms with van der Waals surface area (Å²) in [5.74, 6) is 1.39. The quantitative estimate of drug-likeness (QED) is 0.789. The van der Waals surface area contributed by atoms with Gasteiger partial charge in [-0.3, -0.25) is 4.79 Å². The van der Waals surface area contributed by atoms with E-state index in [-0.39, 0.29) is 11.4 Å². The van der Waals surface area contributed by atoms with E-state index >= 15 is 0 Å². The monoisotopic (exact) mass is 238 g/mol. The van der Waals surface area contributed by atoms with Gasteiger partial charge in [0, 0.05) is 13.0 Å². The Morgan fingerprint density at radius 1 is 1.29 bits per heavy atom. The number of hydrogen-bond donors (Lipinski definition) is 2. The zero-order chi connectivity index (χ0) is 12.3. The van der Waals surface area contributed by atoms with Crippen molar-refractivity contribution in [2.24, 2.45) is 17.6 Å². The Morgan fingerprint density at radius 3 is 2.59 bits per heavy atom. The summed E-state index contributed by atoms with van der Waals surface area (Å²) in [4.78, 5) is 12.1. The molecule has 3 heteroatoms. The molecule has 1 amide bonds. The van der Waals surface area contributed by atoms with Crippen LogP contribution in [0.4, 0.5) is 0 Å². The van der Waals surface area contributed by atoms with Crippen LogP contribution in [0.2, 0.25) is 0 Å². The van der Waals surface area contributed by atoms with Gasteiger partial charge in [-0.25, -0.2) is 0 Å². The SMILES string of the molecule is CC1CCCCC1(CN)NC(=O)CC1CCC1. The molecule has 17 heavy (non-hydrogen) atoms. The van der Waals surface area contributed by atoms with E-state index in [0.717, 1.165) is 6.42 Å². The van der Waals surface area contributed by atoms with E-state index in [1.807, 2.05) is 0 Å². The molecule has 2 saturated carbocycles. The molecule has 2 atom stereocenters. The first-order valence-electron chi connectivity index (χ1n) is 7.17. The lowest BCUT2D eigenvalue weighted by Gasteiger charge is -2.43. The van der Waals surface area contributed by atoms with Crippen molar-refractivity contribution in [2.45, 2.75) is 63.8 Å². The maximum atomic E-state index is 12.1. The first kappa shape index (κ1) is 12.9. The zero-order valence-electron chi connectivity index (χ0n) is 11.0. The molecule has 2 fully saturated rings. The van der Waals surface area contributed by atoms with E-state index in [9.17, 15) is 4.79 Å². The summed E-state index contributed by atoms with van der Waals surface area (Å²) < 4.78 is 0. The lowest BCUT2D eigenvalue weighted by molar-refractivity contribution is -0.125. The van der Waals surface area contributed by atoms with Gasteiger partial charge in [0.05, 0.1) is 5.54 Å². The highest BCUT2D eigenvalue weighted by molar-refractivity contribution is 5.77. The standard InChI is InChI=1S/C14H26N2O/c1-11-5-2-3-8-14(11,10-15)16-13(17)9-12-6-4-7-12/h11-12H,2-10,15H2,1H3,(H,16,17). The van der Waals surface area contributed by atoms with Crippen LogP contribution in [0, 0.1) is 11.8 Å². The molecule has 0 spiro atoms. The first-order chi connectivity index (χ1) is 8.16. The molecule has 0 saturated heterocycles. The molecule has 2 aliphatic carbocycles. The minimum absolute atomic E-state index is 0.112. The number of rotatable bonds is 4. The normalized spacial score (nSPS) is 34.1. The van der Waals surface area contributed by atoms with Crippen molar-refractivity contribution in [3.8, 4) is 0 Å². The van der Waals surface area contributed by atoms with Crippen molar-refractivity contribution in [3.63, 3.8) is 0 Å². The fraction of sp³-hybridized carbons (Fsp3) is 0.929. The summed E-state index contributed by atoms with van der Waals surface area (Å²) in [7, 11) is 0. The minimum Gasteiger partial charge on any atom is -0.349 e. The maximum Gasteiger partial charge on any atom is 0.220 e. The highest BCUT2D eigenvalue weighted by atomic mass is 16.1. The van der Waals surface area contributed by atoms with Crippen molar-refractivity contribution in [3.05, 3.63) is 0 Å². The molecule has 2 rings (SSSR count). The van der Waals surface area contributed by atoms with E-state index in [2.05, 4.69) is 12.2 Å². The number of nitrogens with two attached hydrogens (primary N) is 1. The molecule has 0 bridgehead atoms. The highest BCUT2D eigenvalue weighted by Crippen LogP contribution is 2.34. The molecule has 3 nitrogen and oxygen atoms in total. The van der Waals surface area contributed by atoms with E-state index in [1.54, 1.807) is 0 Å². The van der Waals surface area contributed by atoms with Crippen LogP contribution in [-0.4, -0.2) is 18.0 Å². The molecular weight excluding hydrogens is 212 g/mol. The van der Waals surface area contributed by atoms with Gasteiger partial charge in [0.25, 0.3) is 0 Å². The summed E-state index contributed by atoms with van der Waals surface area (Å²) in [5.41, 5.74) is 5.83. The summed E-state index contributed by atoms with van der Waals surface area (Å²) in [6, 6.07) is 0. The van der Waals surface area contributed by atoms with Gasteiger partial charge in [-0.15, -0.1) is 0 Å². The lowest BCUT2D eigenvalue weighted by atomic mass is 9.73. The fourth-order valence-corrected chi connectivity index (χ4v) is 3.24. The Bertz CT molecular complexity index is 275. The number of nitrogens with one attached hydrogen (secondary N) is 1. The number of carbonyl (C=O) groups excluding carboxylic acids is 1. The summed E-state index contributed by atoms with van der Waals surface area (Å²) >= 11 is 0. The van der Waals surface area contributed by atoms with Gasteiger partial charge < -0.3 is 11.1 Å². The van der Waals surface area contributed by atoms with Crippen LogP contribution in [-0.2, 0) is 4.79 Å². The fourth-order valence-electron chi connectivity index (χ4n) is 3.24. The van der Waals surface area contributed by atoms with E-state index in [1.165, 1.54) is 38.5 Å². The van der Waals surface area contributed by atoms with E-state index < -0.39 is 0 Å². The molecule has 0 aliphatic heterocycles. The lowest BCUT2D eigenvalue weighted by Crippen LogP contribution is -2.59. The van der Waals surface area contributed by atoms with Crippen LogP contribution < -0.4 is 11.1 Å². The second kappa shape index (κ2) is 5.38. The van der Waals surface area contributed by atoms with Crippen LogP contribution in [0.1, 0.15) is 58.3 Å². The Balaban J connectivity index is 1.90. The van der Waals surface area contributed by atoms with Crippen LogP contribution in [0.15, 0.2) is 0 Å². The van der Waals surface area contributed by atoms with Crippen molar-refractivity contribution >= 4 is 5.91 Å². The largest absolute Gasteiger partial charge is 0.349 e. The molecule has 0 aromatic heterocycles. The van der Waals surface area contributed by atoms with E-state index in [4.69, 9.17) is 5.73 Å². The third-order valence-corrected chi connectivity index (χ3v) is 4.90. The maximum absolute atomic E-state index is 12.1. The van der Waals surface area contributed by atoms with Gasteiger partial charge in [-0.2, -0.15) is 0 Å². The molecule has 0 radical (unpaired) electrons. The number of amides is 1.